The first-order valence-electron chi connectivity index (χ1n) is 9.29. The summed E-state index contributed by atoms with van der Waals surface area (Å²) < 4.78 is 0. The van der Waals surface area contributed by atoms with E-state index in [0.717, 1.165) is 17.0 Å². The van der Waals surface area contributed by atoms with Gasteiger partial charge in [0.1, 0.15) is 0 Å². The van der Waals surface area contributed by atoms with Gasteiger partial charge in [0, 0.05) is 40.6 Å². The number of anilines is 1. The molecule has 2 bridgehead atoms. The highest BCUT2D eigenvalue weighted by Gasteiger charge is 2.42. The quantitative estimate of drug-likeness (QED) is 0.931. The summed E-state index contributed by atoms with van der Waals surface area (Å²) in [5, 5.41) is 15.6. The van der Waals surface area contributed by atoms with Crippen LogP contribution in [-0.2, 0) is 0 Å². The van der Waals surface area contributed by atoms with Crippen molar-refractivity contribution in [2.24, 2.45) is 0 Å². The number of nitriles is 1. The van der Waals surface area contributed by atoms with Crippen LogP contribution in [0.3, 0.4) is 0 Å². The van der Waals surface area contributed by atoms with Crippen LogP contribution < -0.4 is 10.2 Å². The maximum Gasteiger partial charge on any atom is 0.0998 e. The number of rotatable bonds is 3. The Bertz CT molecular complexity index is 803. The molecule has 2 atom stereocenters. The normalized spacial score (nSPS) is 29.0. The maximum atomic E-state index is 9.41. The summed E-state index contributed by atoms with van der Waals surface area (Å²) in [5.74, 6) is 0. The Balaban J connectivity index is 1.51. The van der Waals surface area contributed by atoms with E-state index in [1.54, 1.807) is 0 Å². The molecule has 0 radical (unpaired) electrons. The number of fused-ring (bicyclic) bond motifs is 3. The third-order valence-electron chi connectivity index (χ3n) is 6.08. The van der Waals surface area contributed by atoms with Gasteiger partial charge < -0.3 is 10.2 Å². The Morgan fingerprint density at radius 1 is 0.875 bits per heavy atom. The van der Waals surface area contributed by atoms with Crippen molar-refractivity contribution in [3.63, 3.8) is 0 Å². The first kappa shape index (κ1) is 14.3. The summed E-state index contributed by atoms with van der Waals surface area (Å²) in [5.41, 5.74) is 2.12. The molecule has 24 heavy (non-hydrogen) atoms. The van der Waals surface area contributed by atoms with Gasteiger partial charge in [0.25, 0.3) is 0 Å². The van der Waals surface area contributed by atoms with E-state index in [4.69, 9.17) is 0 Å². The second kappa shape index (κ2) is 5.50. The lowest BCUT2D eigenvalue weighted by atomic mass is 9.94. The summed E-state index contributed by atoms with van der Waals surface area (Å²) >= 11 is 0. The molecular formula is C21H23N3. The third kappa shape index (κ3) is 2.29. The summed E-state index contributed by atoms with van der Waals surface area (Å²) in [6.45, 7) is 0. The van der Waals surface area contributed by atoms with Gasteiger partial charge in [0.05, 0.1) is 11.6 Å². The molecular weight excluding hydrogens is 294 g/mol. The zero-order valence-corrected chi connectivity index (χ0v) is 13.9. The minimum atomic E-state index is 0.649. The summed E-state index contributed by atoms with van der Waals surface area (Å²) in [4.78, 5) is 2.68. The number of hydrogen-bond acceptors (Lipinski definition) is 3. The van der Waals surface area contributed by atoms with Gasteiger partial charge in [-0.1, -0.05) is 24.3 Å². The Morgan fingerprint density at radius 2 is 1.58 bits per heavy atom. The number of nitrogens with one attached hydrogen (secondary N) is 1. The molecule has 2 heterocycles. The van der Waals surface area contributed by atoms with E-state index in [9.17, 15) is 5.26 Å². The first-order chi connectivity index (χ1) is 11.8. The van der Waals surface area contributed by atoms with Crippen LogP contribution >= 0.6 is 0 Å². The lowest BCUT2D eigenvalue weighted by molar-refractivity contribution is 0.354. The smallest absolute Gasteiger partial charge is 0.0998 e. The van der Waals surface area contributed by atoms with E-state index in [-0.39, 0.29) is 0 Å². The van der Waals surface area contributed by atoms with Crippen molar-refractivity contribution < 1.29 is 0 Å². The van der Waals surface area contributed by atoms with E-state index in [1.165, 1.54) is 49.6 Å². The molecule has 2 saturated heterocycles. The average molecular weight is 317 g/mol. The van der Waals surface area contributed by atoms with Crippen molar-refractivity contribution in [1.29, 1.82) is 5.26 Å². The number of piperidine rings is 1. The van der Waals surface area contributed by atoms with Crippen LogP contribution in [0.25, 0.3) is 10.8 Å². The van der Waals surface area contributed by atoms with Gasteiger partial charge in [-0.15, -0.1) is 0 Å². The molecule has 1 saturated carbocycles. The van der Waals surface area contributed by atoms with Gasteiger partial charge in [-0.3, -0.25) is 0 Å². The van der Waals surface area contributed by atoms with Crippen molar-refractivity contribution in [3.8, 4) is 6.07 Å². The topological polar surface area (TPSA) is 39.1 Å². The minimum absolute atomic E-state index is 0.649. The van der Waals surface area contributed by atoms with Gasteiger partial charge in [-0.2, -0.15) is 5.26 Å². The van der Waals surface area contributed by atoms with Crippen LogP contribution in [0.5, 0.6) is 0 Å². The van der Waals surface area contributed by atoms with Crippen molar-refractivity contribution in [2.45, 2.75) is 62.7 Å². The highest BCUT2D eigenvalue weighted by Crippen LogP contribution is 2.43. The molecule has 2 aromatic carbocycles. The van der Waals surface area contributed by atoms with Crippen molar-refractivity contribution in [2.75, 3.05) is 4.90 Å². The molecule has 3 heteroatoms. The van der Waals surface area contributed by atoms with Crippen LogP contribution in [0.4, 0.5) is 5.69 Å². The molecule has 5 rings (SSSR count). The van der Waals surface area contributed by atoms with Crippen molar-refractivity contribution >= 4 is 16.5 Å². The van der Waals surface area contributed by atoms with E-state index >= 15 is 0 Å². The third-order valence-corrected chi connectivity index (χ3v) is 6.08. The van der Waals surface area contributed by atoms with E-state index in [2.05, 4.69) is 40.6 Å². The molecule has 1 N–H and O–H groups in total. The molecule has 1 aliphatic carbocycles. The molecule has 3 nitrogen and oxygen atoms in total. The highest BCUT2D eigenvalue weighted by molar-refractivity contribution is 5.98. The van der Waals surface area contributed by atoms with Crippen LogP contribution in [0.2, 0.25) is 0 Å². The van der Waals surface area contributed by atoms with Crippen molar-refractivity contribution in [1.82, 2.24) is 5.32 Å². The fourth-order valence-electron chi connectivity index (χ4n) is 4.90. The summed E-state index contributed by atoms with van der Waals surface area (Å²) in [6, 6.07) is 17.7. The molecule has 0 aromatic heterocycles. The largest absolute Gasteiger partial charge is 0.365 e. The van der Waals surface area contributed by atoms with Crippen molar-refractivity contribution in [3.05, 3.63) is 42.0 Å². The monoisotopic (exact) mass is 317 g/mol. The molecule has 2 aromatic rings. The van der Waals surface area contributed by atoms with Gasteiger partial charge in [-0.25, -0.2) is 0 Å². The number of hydrogen-bond donors (Lipinski definition) is 1. The van der Waals surface area contributed by atoms with Crippen LogP contribution in [0.15, 0.2) is 36.4 Å². The lowest BCUT2D eigenvalue weighted by Crippen LogP contribution is -2.49. The van der Waals surface area contributed by atoms with Gasteiger partial charge in [-0.05, 0) is 50.7 Å². The number of nitrogens with zero attached hydrogens (tertiary/aromatic N) is 2. The van der Waals surface area contributed by atoms with Crippen LogP contribution in [0.1, 0.15) is 44.1 Å². The molecule has 122 valence electrons. The standard InChI is InChI=1S/C21H23N3/c22-13-14-5-10-21(20-4-2-1-3-19(14)20)24-17-8-9-18(24)12-16(11-17)23-15-6-7-15/h1-5,10,15-18,23H,6-9,11-12H2. The highest BCUT2D eigenvalue weighted by atomic mass is 15.2. The zero-order valence-electron chi connectivity index (χ0n) is 13.9. The molecule has 2 unspecified atom stereocenters. The summed E-state index contributed by atoms with van der Waals surface area (Å²) in [7, 11) is 0. The second-order valence-electron chi connectivity index (χ2n) is 7.69. The fourth-order valence-corrected chi connectivity index (χ4v) is 4.90. The van der Waals surface area contributed by atoms with Crippen LogP contribution in [0, 0.1) is 11.3 Å². The first-order valence-corrected chi connectivity index (χ1v) is 9.29. The average Bonchev–Trinajstić information content (AvgIpc) is 3.38. The maximum absolute atomic E-state index is 9.41. The summed E-state index contributed by atoms with van der Waals surface area (Å²) in [6.07, 6.45) is 7.89. The molecule has 0 amide bonds. The Hall–Kier alpha value is -2.05. The molecule has 3 fully saturated rings. The molecule has 0 spiro atoms. The fraction of sp³-hybridized carbons (Fsp3) is 0.476. The lowest BCUT2D eigenvalue weighted by Gasteiger charge is -2.41. The van der Waals surface area contributed by atoms with E-state index < -0.39 is 0 Å². The Labute approximate surface area is 143 Å². The number of benzene rings is 2. The SMILES string of the molecule is N#Cc1ccc(N2C3CCC2CC(NC2CC2)C3)c2ccccc12. The molecule has 2 aliphatic heterocycles. The van der Waals surface area contributed by atoms with E-state index in [0.29, 0.717) is 18.1 Å². The predicted octanol–water partition coefficient (Wildman–Crippen LogP) is 3.96. The van der Waals surface area contributed by atoms with E-state index in [1.807, 2.05) is 12.1 Å². The predicted molar refractivity (Wildman–Crippen MR) is 97.1 cm³/mol. The molecule has 3 aliphatic rings. The van der Waals surface area contributed by atoms with Crippen LogP contribution in [-0.4, -0.2) is 24.2 Å². The second-order valence-corrected chi connectivity index (χ2v) is 7.69. The Kier molecular flexibility index (Phi) is 3.28. The zero-order chi connectivity index (χ0) is 16.1. The van der Waals surface area contributed by atoms with Gasteiger partial charge in [0.2, 0.25) is 0 Å². The van der Waals surface area contributed by atoms with Gasteiger partial charge in [0.15, 0.2) is 0 Å². The van der Waals surface area contributed by atoms with Gasteiger partial charge >= 0.3 is 0 Å². The Morgan fingerprint density at radius 3 is 2.25 bits per heavy atom. The minimum Gasteiger partial charge on any atom is -0.365 e.